The van der Waals surface area contributed by atoms with Crippen LogP contribution in [0.2, 0.25) is 0 Å². The molecular formula is C20H25N3O. The SMILES string of the molecule is CC(=O)N1c2ccc(N)cc2C(C)(c2ccc(N)cc2)CC1(C)C. The lowest BCUT2D eigenvalue weighted by Gasteiger charge is -2.51. The number of carbonyl (C=O) groups is 1. The molecule has 1 aliphatic heterocycles. The highest BCUT2D eigenvalue weighted by Crippen LogP contribution is 2.50. The van der Waals surface area contributed by atoms with Crippen LogP contribution in [0, 0.1) is 0 Å². The summed E-state index contributed by atoms with van der Waals surface area (Å²) in [6.07, 6.45) is 0.806. The molecule has 126 valence electrons. The second-order valence-corrected chi connectivity index (χ2v) is 7.57. The zero-order chi connectivity index (χ0) is 17.7. The number of nitrogen functional groups attached to an aromatic ring is 2. The Labute approximate surface area is 143 Å². The molecule has 24 heavy (non-hydrogen) atoms. The number of amides is 1. The largest absolute Gasteiger partial charge is 0.399 e. The van der Waals surface area contributed by atoms with Crippen molar-refractivity contribution in [1.82, 2.24) is 0 Å². The number of carbonyl (C=O) groups excluding carboxylic acids is 1. The van der Waals surface area contributed by atoms with Gasteiger partial charge in [0.05, 0.1) is 0 Å². The van der Waals surface area contributed by atoms with Crippen LogP contribution < -0.4 is 16.4 Å². The molecule has 0 bridgehead atoms. The lowest BCUT2D eigenvalue weighted by molar-refractivity contribution is -0.117. The normalized spacial score (nSPS) is 22.1. The third kappa shape index (κ3) is 2.42. The fourth-order valence-corrected chi connectivity index (χ4v) is 4.26. The Hall–Kier alpha value is -2.49. The third-order valence-corrected chi connectivity index (χ3v) is 5.11. The van der Waals surface area contributed by atoms with Crippen LogP contribution in [0.5, 0.6) is 0 Å². The van der Waals surface area contributed by atoms with Gasteiger partial charge in [-0.15, -0.1) is 0 Å². The van der Waals surface area contributed by atoms with E-state index in [0.717, 1.165) is 23.4 Å². The molecule has 1 heterocycles. The molecule has 3 rings (SSSR count). The number of rotatable bonds is 1. The Morgan fingerprint density at radius 1 is 1.00 bits per heavy atom. The summed E-state index contributed by atoms with van der Waals surface area (Å²) in [6, 6.07) is 13.8. The Morgan fingerprint density at radius 3 is 2.17 bits per heavy atom. The minimum Gasteiger partial charge on any atom is -0.399 e. The molecule has 1 aliphatic rings. The number of hydrogen-bond acceptors (Lipinski definition) is 3. The molecule has 4 N–H and O–H groups in total. The van der Waals surface area contributed by atoms with Gasteiger partial charge in [0.2, 0.25) is 5.91 Å². The van der Waals surface area contributed by atoms with Gasteiger partial charge in [0.25, 0.3) is 0 Å². The first-order valence-electron chi connectivity index (χ1n) is 8.22. The van der Waals surface area contributed by atoms with Gasteiger partial charge >= 0.3 is 0 Å². The number of hydrogen-bond donors (Lipinski definition) is 2. The Bertz CT molecular complexity index is 795. The first-order chi connectivity index (χ1) is 11.1. The maximum absolute atomic E-state index is 12.3. The van der Waals surface area contributed by atoms with E-state index in [2.05, 4.69) is 32.9 Å². The van der Waals surface area contributed by atoms with Crippen molar-refractivity contribution in [3.05, 3.63) is 53.6 Å². The van der Waals surface area contributed by atoms with Gasteiger partial charge < -0.3 is 16.4 Å². The average molecular weight is 323 g/mol. The van der Waals surface area contributed by atoms with E-state index < -0.39 is 0 Å². The summed E-state index contributed by atoms with van der Waals surface area (Å²) in [4.78, 5) is 14.2. The predicted molar refractivity (Wildman–Crippen MR) is 100 cm³/mol. The van der Waals surface area contributed by atoms with Crippen molar-refractivity contribution in [3.8, 4) is 0 Å². The zero-order valence-electron chi connectivity index (χ0n) is 14.8. The van der Waals surface area contributed by atoms with Gasteiger partial charge in [-0.3, -0.25) is 4.79 Å². The Morgan fingerprint density at radius 2 is 1.58 bits per heavy atom. The van der Waals surface area contributed by atoms with Crippen LogP contribution in [-0.4, -0.2) is 11.4 Å². The molecule has 0 radical (unpaired) electrons. The summed E-state index contributed by atoms with van der Waals surface area (Å²) in [5.74, 6) is 0.0466. The molecule has 0 fully saturated rings. The van der Waals surface area contributed by atoms with Crippen molar-refractivity contribution in [2.24, 2.45) is 0 Å². The molecule has 0 spiro atoms. The van der Waals surface area contributed by atoms with E-state index >= 15 is 0 Å². The van der Waals surface area contributed by atoms with Crippen molar-refractivity contribution in [2.75, 3.05) is 16.4 Å². The first-order valence-corrected chi connectivity index (χ1v) is 8.22. The van der Waals surface area contributed by atoms with Crippen LogP contribution in [0.1, 0.15) is 45.2 Å². The molecule has 2 aromatic carbocycles. The van der Waals surface area contributed by atoms with Crippen LogP contribution in [-0.2, 0) is 10.2 Å². The van der Waals surface area contributed by atoms with Crippen LogP contribution in [0.25, 0.3) is 0 Å². The van der Waals surface area contributed by atoms with Crippen molar-refractivity contribution >= 4 is 23.0 Å². The van der Waals surface area contributed by atoms with Crippen LogP contribution in [0.4, 0.5) is 17.1 Å². The van der Waals surface area contributed by atoms with E-state index in [1.165, 1.54) is 5.56 Å². The van der Waals surface area contributed by atoms with Gasteiger partial charge in [0.15, 0.2) is 0 Å². The molecule has 0 aliphatic carbocycles. The van der Waals surface area contributed by atoms with E-state index in [9.17, 15) is 4.79 Å². The Balaban J connectivity index is 2.28. The maximum atomic E-state index is 12.3. The minimum absolute atomic E-state index is 0.0466. The number of nitrogens with zero attached hydrogens (tertiary/aromatic N) is 1. The molecule has 0 aromatic heterocycles. The smallest absolute Gasteiger partial charge is 0.224 e. The highest BCUT2D eigenvalue weighted by atomic mass is 16.2. The van der Waals surface area contributed by atoms with Crippen LogP contribution in [0.15, 0.2) is 42.5 Å². The highest BCUT2D eigenvalue weighted by Gasteiger charge is 2.47. The number of anilines is 3. The highest BCUT2D eigenvalue weighted by molar-refractivity contribution is 5.95. The predicted octanol–water partition coefficient (Wildman–Crippen LogP) is 3.69. The molecule has 4 nitrogen and oxygen atoms in total. The zero-order valence-corrected chi connectivity index (χ0v) is 14.8. The molecule has 1 atom stereocenters. The number of nitrogens with two attached hydrogens (primary N) is 2. The van der Waals surface area contributed by atoms with Crippen molar-refractivity contribution in [1.29, 1.82) is 0 Å². The fourth-order valence-electron chi connectivity index (χ4n) is 4.26. The van der Waals surface area contributed by atoms with Gasteiger partial charge in [-0.2, -0.15) is 0 Å². The molecule has 4 heteroatoms. The van der Waals surface area contributed by atoms with Crippen molar-refractivity contribution in [3.63, 3.8) is 0 Å². The molecule has 1 unspecified atom stereocenters. The molecule has 0 saturated heterocycles. The minimum atomic E-state index is -0.301. The monoisotopic (exact) mass is 323 g/mol. The number of benzene rings is 2. The quantitative estimate of drug-likeness (QED) is 0.786. The summed E-state index contributed by atoms with van der Waals surface area (Å²) in [5, 5.41) is 0. The van der Waals surface area contributed by atoms with Crippen LogP contribution >= 0.6 is 0 Å². The van der Waals surface area contributed by atoms with Crippen molar-refractivity contribution < 1.29 is 4.79 Å². The van der Waals surface area contributed by atoms with Gasteiger partial charge in [0.1, 0.15) is 0 Å². The maximum Gasteiger partial charge on any atom is 0.224 e. The van der Waals surface area contributed by atoms with Crippen molar-refractivity contribution in [2.45, 2.75) is 45.1 Å². The fraction of sp³-hybridized carbons (Fsp3) is 0.350. The lowest BCUT2D eigenvalue weighted by Crippen LogP contribution is -2.55. The molecular weight excluding hydrogens is 298 g/mol. The first kappa shape index (κ1) is 16.4. The van der Waals surface area contributed by atoms with Crippen LogP contribution in [0.3, 0.4) is 0 Å². The van der Waals surface area contributed by atoms with E-state index in [-0.39, 0.29) is 16.9 Å². The van der Waals surface area contributed by atoms with E-state index in [1.807, 2.05) is 35.2 Å². The summed E-state index contributed by atoms with van der Waals surface area (Å²) in [7, 11) is 0. The lowest BCUT2D eigenvalue weighted by atomic mass is 9.65. The molecule has 2 aromatic rings. The van der Waals surface area contributed by atoms with E-state index in [4.69, 9.17) is 11.5 Å². The van der Waals surface area contributed by atoms with Gasteiger partial charge in [-0.25, -0.2) is 0 Å². The summed E-state index contributed by atoms with van der Waals surface area (Å²) >= 11 is 0. The second kappa shape index (κ2) is 5.26. The Kier molecular flexibility index (Phi) is 3.59. The molecule has 1 amide bonds. The van der Waals surface area contributed by atoms with Gasteiger partial charge in [-0.05, 0) is 61.7 Å². The summed E-state index contributed by atoms with van der Waals surface area (Å²) in [6.45, 7) is 8.07. The molecule has 0 saturated carbocycles. The van der Waals surface area contributed by atoms with E-state index in [1.54, 1.807) is 6.92 Å². The van der Waals surface area contributed by atoms with Gasteiger partial charge in [0, 0.05) is 34.9 Å². The third-order valence-electron chi connectivity index (χ3n) is 5.11. The van der Waals surface area contributed by atoms with E-state index in [0.29, 0.717) is 5.69 Å². The van der Waals surface area contributed by atoms with Gasteiger partial charge in [-0.1, -0.05) is 19.1 Å². The summed E-state index contributed by atoms with van der Waals surface area (Å²) in [5.41, 5.74) is 16.0. The number of fused-ring (bicyclic) bond motifs is 1. The topological polar surface area (TPSA) is 72.3 Å². The summed E-state index contributed by atoms with van der Waals surface area (Å²) < 4.78 is 0. The average Bonchev–Trinajstić information content (AvgIpc) is 2.47. The standard InChI is InChI=1S/C20H25N3O/c1-13(24)23-18-10-9-16(22)11-17(18)20(4,12-19(23,2)3)14-5-7-15(21)8-6-14/h5-11H,12,21-22H2,1-4H3. The second-order valence-electron chi connectivity index (χ2n) is 7.57.